The molecule has 0 unspecified atom stereocenters. The normalized spacial score (nSPS) is 20.6. The Balaban J connectivity index is 1.60. The van der Waals surface area contributed by atoms with E-state index in [0.29, 0.717) is 50.7 Å². The highest BCUT2D eigenvalue weighted by Crippen LogP contribution is 2.31. The molecule has 0 radical (unpaired) electrons. The van der Waals surface area contributed by atoms with E-state index < -0.39 is 5.79 Å². The molecule has 1 aromatic rings. The van der Waals surface area contributed by atoms with Gasteiger partial charge in [-0.15, -0.1) is 0 Å². The number of amides is 1. The standard InChI is InChI=1S/C15H22N4O3/c1-11(2)18-13-10-16-12(9-17-13)14(20)19-5-3-15(4-6-19)21-7-8-22-15/h9-11H,3-8H2,1-2H3,(H,17,18). The van der Waals surface area contributed by atoms with Crippen molar-refractivity contribution in [2.24, 2.45) is 0 Å². The fourth-order valence-corrected chi connectivity index (χ4v) is 2.81. The number of piperidine rings is 1. The third-order valence-corrected chi connectivity index (χ3v) is 3.93. The molecule has 0 aliphatic carbocycles. The van der Waals surface area contributed by atoms with Crippen LogP contribution in [-0.4, -0.2) is 58.9 Å². The minimum atomic E-state index is -0.465. The first-order chi connectivity index (χ1) is 10.6. The van der Waals surface area contributed by atoms with Crippen molar-refractivity contribution in [3.63, 3.8) is 0 Å². The largest absolute Gasteiger partial charge is 0.367 e. The van der Waals surface area contributed by atoms with Gasteiger partial charge in [0, 0.05) is 32.0 Å². The number of rotatable bonds is 3. The van der Waals surface area contributed by atoms with Crippen molar-refractivity contribution in [1.29, 1.82) is 0 Å². The lowest BCUT2D eigenvalue weighted by Gasteiger charge is -2.37. The summed E-state index contributed by atoms with van der Waals surface area (Å²) in [6, 6.07) is 0.278. The zero-order valence-corrected chi connectivity index (χ0v) is 13.0. The molecule has 1 spiro atoms. The molecule has 22 heavy (non-hydrogen) atoms. The molecule has 7 nitrogen and oxygen atoms in total. The number of anilines is 1. The van der Waals surface area contributed by atoms with Crippen molar-refractivity contribution in [2.75, 3.05) is 31.6 Å². The average molecular weight is 306 g/mol. The van der Waals surface area contributed by atoms with Crippen LogP contribution in [0.5, 0.6) is 0 Å². The van der Waals surface area contributed by atoms with Crippen LogP contribution in [0.1, 0.15) is 37.2 Å². The maximum absolute atomic E-state index is 12.5. The van der Waals surface area contributed by atoms with Crippen LogP contribution in [0.15, 0.2) is 12.4 Å². The predicted octanol–water partition coefficient (Wildman–Crippen LogP) is 1.28. The Morgan fingerprint density at radius 1 is 1.23 bits per heavy atom. The van der Waals surface area contributed by atoms with Crippen molar-refractivity contribution in [3.05, 3.63) is 18.1 Å². The summed E-state index contributed by atoms with van der Waals surface area (Å²) in [6.45, 7) is 6.57. The predicted molar refractivity (Wildman–Crippen MR) is 80.6 cm³/mol. The molecule has 0 saturated carbocycles. The van der Waals surface area contributed by atoms with Gasteiger partial charge >= 0.3 is 0 Å². The molecule has 0 aromatic carbocycles. The molecular weight excluding hydrogens is 284 g/mol. The molecule has 2 saturated heterocycles. The second kappa shape index (κ2) is 6.18. The summed E-state index contributed by atoms with van der Waals surface area (Å²) in [4.78, 5) is 22.7. The van der Waals surface area contributed by atoms with E-state index in [9.17, 15) is 4.79 Å². The number of likely N-dealkylation sites (tertiary alicyclic amines) is 1. The first-order valence-corrected chi connectivity index (χ1v) is 7.74. The molecule has 2 fully saturated rings. The van der Waals surface area contributed by atoms with Crippen LogP contribution >= 0.6 is 0 Å². The third kappa shape index (κ3) is 3.20. The minimum Gasteiger partial charge on any atom is -0.367 e. The van der Waals surface area contributed by atoms with Crippen LogP contribution in [0.2, 0.25) is 0 Å². The Kier molecular flexibility index (Phi) is 4.26. The van der Waals surface area contributed by atoms with Gasteiger partial charge in [-0.2, -0.15) is 0 Å². The van der Waals surface area contributed by atoms with Gasteiger partial charge < -0.3 is 19.7 Å². The summed E-state index contributed by atoms with van der Waals surface area (Å²) in [6.07, 6.45) is 4.54. The van der Waals surface area contributed by atoms with Crippen LogP contribution in [-0.2, 0) is 9.47 Å². The number of hydrogen-bond donors (Lipinski definition) is 1. The summed E-state index contributed by atoms with van der Waals surface area (Å²) in [5.41, 5.74) is 0.374. The average Bonchev–Trinajstić information content (AvgIpc) is 2.96. The van der Waals surface area contributed by atoms with Gasteiger partial charge in [0.05, 0.1) is 25.6 Å². The fourth-order valence-electron chi connectivity index (χ4n) is 2.81. The molecule has 2 aliphatic rings. The van der Waals surface area contributed by atoms with Gasteiger partial charge in [0.25, 0.3) is 5.91 Å². The smallest absolute Gasteiger partial charge is 0.274 e. The molecule has 0 atom stereocenters. The van der Waals surface area contributed by atoms with Crippen molar-refractivity contribution in [3.8, 4) is 0 Å². The highest BCUT2D eigenvalue weighted by molar-refractivity contribution is 5.92. The molecular formula is C15H22N4O3. The lowest BCUT2D eigenvalue weighted by Crippen LogP contribution is -2.47. The molecule has 3 rings (SSSR count). The van der Waals surface area contributed by atoms with Crippen molar-refractivity contribution >= 4 is 11.7 Å². The number of nitrogens with zero attached hydrogens (tertiary/aromatic N) is 3. The molecule has 7 heteroatoms. The Morgan fingerprint density at radius 3 is 2.45 bits per heavy atom. The zero-order chi connectivity index (χ0) is 15.6. The van der Waals surface area contributed by atoms with E-state index in [1.807, 2.05) is 13.8 Å². The van der Waals surface area contributed by atoms with Gasteiger partial charge in [0.2, 0.25) is 0 Å². The second-order valence-electron chi connectivity index (χ2n) is 5.99. The van der Waals surface area contributed by atoms with E-state index in [0.717, 1.165) is 0 Å². The summed E-state index contributed by atoms with van der Waals surface area (Å²) < 4.78 is 11.3. The Morgan fingerprint density at radius 2 is 1.91 bits per heavy atom. The number of carbonyl (C=O) groups excluding carboxylic acids is 1. The van der Waals surface area contributed by atoms with Crippen LogP contribution in [0.4, 0.5) is 5.82 Å². The molecule has 1 aromatic heterocycles. The number of ether oxygens (including phenoxy) is 2. The molecule has 1 N–H and O–H groups in total. The van der Waals surface area contributed by atoms with E-state index in [1.165, 1.54) is 6.20 Å². The number of hydrogen-bond acceptors (Lipinski definition) is 6. The Labute approximate surface area is 130 Å². The maximum Gasteiger partial charge on any atom is 0.274 e. The van der Waals surface area contributed by atoms with Crippen molar-refractivity contribution in [1.82, 2.24) is 14.9 Å². The van der Waals surface area contributed by atoms with Crippen molar-refractivity contribution in [2.45, 2.75) is 38.5 Å². The number of aromatic nitrogens is 2. The monoisotopic (exact) mass is 306 g/mol. The van der Waals surface area contributed by atoms with Crippen LogP contribution in [0.3, 0.4) is 0 Å². The lowest BCUT2D eigenvalue weighted by molar-refractivity contribution is -0.181. The maximum atomic E-state index is 12.5. The highest BCUT2D eigenvalue weighted by Gasteiger charge is 2.41. The van der Waals surface area contributed by atoms with Gasteiger partial charge in [-0.25, -0.2) is 9.97 Å². The fraction of sp³-hybridized carbons (Fsp3) is 0.667. The topological polar surface area (TPSA) is 76.6 Å². The molecule has 1 amide bonds. The van der Waals surface area contributed by atoms with E-state index in [2.05, 4.69) is 15.3 Å². The molecule has 0 bridgehead atoms. The third-order valence-electron chi connectivity index (χ3n) is 3.93. The van der Waals surface area contributed by atoms with Gasteiger partial charge in [-0.05, 0) is 13.8 Å². The SMILES string of the molecule is CC(C)Nc1cnc(C(=O)N2CCC3(CC2)OCCO3)cn1. The van der Waals surface area contributed by atoms with E-state index in [-0.39, 0.29) is 11.9 Å². The van der Waals surface area contributed by atoms with Crippen LogP contribution < -0.4 is 5.32 Å². The quantitative estimate of drug-likeness (QED) is 0.906. The van der Waals surface area contributed by atoms with Gasteiger partial charge in [0.15, 0.2) is 5.79 Å². The summed E-state index contributed by atoms with van der Waals surface area (Å²) >= 11 is 0. The summed E-state index contributed by atoms with van der Waals surface area (Å²) in [5.74, 6) is 0.126. The van der Waals surface area contributed by atoms with E-state index in [4.69, 9.17) is 9.47 Å². The van der Waals surface area contributed by atoms with Gasteiger partial charge in [0.1, 0.15) is 11.5 Å². The lowest BCUT2D eigenvalue weighted by atomic mass is 10.0. The molecule has 2 aliphatic heterocycles. The number of carbonyl (C=O) groups is 1. The summed E-state index contributed by atoms with van der Waals surface area (Å²) in [7, 11) is 0. The first-order valence-electron chi connectivity index (χ1n) is 7.74. The molecule has 120 valence electrons. The van der Waals surface area contributed by atoms with Gasteiger partial charge in [-0.3, -0.25) is 4.79 Å². The number of nitrogens with one attached hydrogen (secondary N) is 1. The van der Waals surface area contributed by atoms with E-state index in [1.54, 1.807) is 11.1 Å². The molecule has 3 heterocycles. The second-order valence-corrected chi connectivity index (χ2v) is 5.99. The zero-order valence-electron chi connectivity index (χ0n) is 13.0. The Bertz CT molecular complexity index is 516. The summed E-state index contributed by atoms with van der Waals surface area (Å²) in [5, 5.41) is 3.15. The van der Waals surface area contributed by atoms with E-state index >= 15 is 0 Å². The minimum absolute atomic E-state index is 0.0866. The van der Waals surface area contributed by atoms with Crippen LogP contribution in [0.25, 0.3) is 0 Å². The van der Waals surface area contributed by atoms with Crippen LogP contribution in [0, 0.1) is 0 Å². The Hall–Kier alpha value is -1.73. The highest BCUT2D eigenvalue weighted by atomic mass is 16.7. The van der Waals surface area contributed by atoms with Crippen molar-refractivity contribution < 1.29 is 14.3 Å². The van der Waals surface area contributed by atoms with Gasteiger partial charge in [-0.1, -0.05) is 0 Å². The first kappa shape index (κ1) is 15.2.